The lowest BCUT2D eigenvalue weighted by Crippen LogP contribution is -2.47. The highest BCUT2D eigenvalue weighted by Gasteiger charge is 2.40. The van der Waals surface area contributed by atoms with Gasteiger partial charge in [-0.25, -0.2) is 4.98 Å². The lowest BCUT2D eigenvalue weighted by molar-refractivity contribution is -0.135. The molecule has 2 aliphatic heterocycles. The number of hydrogen-bond acceptors (Lipinski definition) is 7. The molecule has 0 N–H and O–H groups in total. The van der Waals surface area contributed by atoms with Crippen LogP contribution in [0.25, 0.3) is 5.57 Å². The average molecular weight is 408 g/mol. The van der Waals surface area contributed by atoms with Crippen molar-refractivity contribution in [1.29, 1.82) is 0 Å². The maximum Gasteiger partial charge on any atom is 0.277 e. The fraction of sp³-hybridized carbons (Fsp3) is 0.318. The average Bonchev–Trinajstić information content (AvgIpc) is 3.03. The number of carbonyl (C=O) groups excluding carboxylic acids is 2. The van der Waals surface area contributed by atoms with Gasteiger partial charge in [0, 0.05) is 39.4 Å². The third kappa shape index (κ3) is 3.34. The molecule has 3 heterocycles. The maximum atomic E-state index is 13.0. The second-order valence-electron chi connectivity index (χ2n) is 7.12. The summed E-state index contributed by atoms with van der Waals surface area (Å²) in [4.78, 5) is 35.6. The first-order valence-corrected chi connectivity index (χ1v) is 9.75. The number of benzene rings is 1. The molecule has 30 heavy (non-hydrogen) atoms. The molecule has 1 fully saturated rings. The number of amides is 2. The summed E-state index contributed by atoms with van der Waals surface area (Å²) in [6.07, 6.45) is 1.77. The summed E-state index contributed by atoms with van der Waals surface area (Å²) in [5, 5.41) is 0. The van der Waals surface area contributed by atoms with Crippen LogP contribution in [0.3, 0.4) is 0 Å². The van der Waals surface area contributed by atoms with Crippen molar-refractivity contribution in [2.45, 2.75) is 0 Å². The van der Waals surface area contributed by atoms with Gasteiger partial charge in [0.15, 0.2) is 11.5 Å². The van der Waals surface area contributed by atoms with Crippen LogP contribution in [0.2, 0.25) is 0 Å². The molecule has 1 aromatic heterocycles. The molecule has 8 nitrogen and oxygen atoms in total. The molecule has 0 bridgehead atoms. The van der Waals surface area contributed by atoms with Crippen LogP contribution in [-0.4, -0.2) is 74.0 Å². The SMILES string of the molecule is COc1ccc(C2=C(N3CCN(c4ccccn4)CC3)C(=O)N(C)C2=O)cc1OC. The molecular weight excluding hydrogens is 384 g/mol. The monoisotopic (exact) mass is 408 g/mol. The van der Waals surface area contributed by atoms with E-state index < -0.39 is 0 Å². The zero-order chi connectivity index (χ0) is 21.3. The minimum atomic E-state index is -0.311. The molecule has 0 unspecified atom stereocenters. The number of carbonyl (C=O) groups is 2. The van der Waals surface area contributed by atoms with Gasteiger partial charge >= 0.3 is 0 Å². The normalized spacial score (nSPS) is 17.1. The van der Waals surface area contributed by atoms with E-state index in [-0.39, 0.29) is 11.8 Å². The standard InChI is InChI=1S/C22H24N4O4/c1-24-21(27)19(15-7-8-16(29-2)17(14-15)30-3)20(22(24)28)26-12-10-25(11-13-26)18-6-4-5-9-23-18/h4-9,14H,10-13H2,1-3H3. The van der Waals surface area contributed by atoms with E-state index in [9.17, 15) is 9.59 Å². The predicted molar refractivity (Wildman–Crippen MR) is 112 cm³/mol. The van der Waals surface area contributed by atoms with Crippen molar-refractivity contribution < 1.29 is 19.1 Å². The molecule has 156 valence electrons. The van der Waals surface area contributed by atoms with Crippen LogP contribution in [0, 0.1) is 0 Å². The minimum Gasteiger partial charge on any atom is -0.493 e. The van der Waals surface area contributed by atoms with Crippen LogP contribution in [0.15, 0.2) is 48.3 Å². The fourth-order valence-corrected chi connectivity index (χ4v) is 3.87. The molecule has 0 spiro atoms. The number of pyridine rings is 1. The van der Waals surface area contributed by atoms with E-state index in [1.54, 1.807) is 38.6 Å². The van der Waals surface area contributed by atoms with Crippen molar-refractivity contribution in [3.8, 4) is 11.5 Å². The van der Waals surface area contributed by atoms with E-state index in [0.717, 1.165) is 5.82 Å². The summed E-state index contributed by atoms with van der Waals surface area (Å²) in [7, 11) is 4.62. The summed E-state index contributed by atoms with van der Waals surface area (Å²) in [5.41, 5.74) is 1.47. The van der Waals surface area contributed by atoms with E-state index in [0.29, 0.717) is 54.5 Å². The highest BCUT2D eigenvalue weighted by Crippen LogP contribution is 2.36. The third-order valence-electron chi connectivity index (χ3n) is 5.50. The van der Waals surface area contributed by atoms with Crippen LogP contribution >= 0.6 is 0 Å². The highest BCUT2D eigenvalue weighted by atomic mass is 16.5. The molecule has 8 heteroatoms. The highest BCUT2D eigenvalue weighted by molar-refractivity contribution is 6.35. The summed E-state index contributed by atoms with van der Waals surface area (Å²) in [6, 6.07) is 11.1. The van der Waals surface area contributed by atoms with Gasteiger partial charge in [0.25, 0.3) is 11.8 Å². The van der Waals surface area contributed by atoms with Crippen LogP contribution in [0.5, 0.6) is 11.5 Å². The Kier molecular flexibility index (Phi) is 5.31. The van der Waals surface area contributed by atoms with Gasteiger partial charge in [-0.15, -0.1) is 0 Å². The van der Waals surface area contributed by atoms with Crippen molar-refractivity contribution in [3.05, 3.63) is 53.9 Å². The zero-order valence-corrected chi connectivity index (χ0v) is 17.3. The number of ether oxygens (including phenoxy) is 2. The van der Waals surface area contributed by atoms with Gasteiger partial charge in [-0.2, -0.15) is 0 Å². The van der Waals surface area contributed by atoms with Gasteiger partial charge in [-0.05, 0) is 29.8 Å². The number of nitrogens with zero attached hydrogens (tertiary/aromatic N) is 4. The fourth-order valence-electron chi connectivity index (χ4n) is 3.87. The number of likely N-dealkylation sites (N-methyl/N-ethyl adjacent to an activating group) is 1. The number of rotatable bonds is 5. The number of piperazine rings is 1. The molecular formula is C22H24N4O4. The van der Waals surface area contributed by atoms with E-state index in [1.807, 2.05) is 23.1 Å². The Balaban J connectivity index is 1.66. The smallest absolute Gasteiger partial charge is 0.277 e. The topological polar surface area (TPSA) is 75.2 Å². The van der Waals surface area contributed by atoms with Crippen molar-refractivity contribution in [1.82, 2.24) is 14.8 Å². The van der Waals surface area contributed by atoms with Crippen LogP contribution in [-0.2, 0) is 9.59 Å². The number of imide groups is 1. The van der Waals surface area contributed by atoms with Crippen molar-refractivity contribution in [2.75, 3.05) is 52.3 Å². The number of hydrogen-bond donors (Lipinski definition) is 0. The molecule has 0 aliphatic carbocycles. The van der Waals surface area contributed by atoms with Gasteiger partial charge in [-0.3, -0.25) is 14.5 Å². The van der Waals surface area contributed by atoms with Crippen LogP contribution in [0.4, 0.5) is 5.82 Å². The largest absolute Gasteiger partial charge is 0.493 e. The Hall–Kier alpha value is -3.55. The molecule has 0 atom stereocenters. The van der Waals surface area contributed by atoms with E-state index in [1.165, 1.54) is 11.9 Å². The number of methoxy groups -OCH3 is 2. The van der Waals surface area contributed by atoms with Crippen molar-refractivity contribution in [3.63, 3.8) is 0 Å². The molecule has 0 radical (unpaired) electrons. The van der Waals surface area contributed by atoms with E-state index in [4.69, 9.17) is 9.47 Å². The van der Waals surface area contributed by atoms with Crippen LogP contribution < -0.4 is 14.4 Å². The van der Waals surface area contributed by atoms with E-state index >= 15 is 0 Å². The number of aromatic nitrogens is 1. The van der Waals surface area contributed by atoms with Crippen molar-refractivity contribution in [2.24, 2.45) is 0 Å². The van der Waals surface area contributed by atoms with Gasteiger partial charge in [0.05, 0.1) is 19.8 Å². The first kappa shape index (κ1) is 19.8. The Bertz CT molecular complexity index is 997. The second kappa shape index (κ2) is 8.06. The zero-order valence-electron chi connectivity index (χ0n) is 17.3. The van der Waals surface area contributed by atoms with Gasteiger partial charge in [0.2, 0.25) is 0 Å². The Labute approximate surface area is 175 Å². The molecule has 1 aromatic carbocycles. The molecule has 2 amide bonds. The van der Waals surface area contributed by atoms with Crippen molar-refractivity contribution >= 4 is 23.2 Å². The predicted octanol–water partition coefficient (Wildman–Crippen LogP) is 1.63. The summed E-state index contributed by atoms with van der Waals surface area (Å²) in [6.45, 7) is 2.67. The lowest BCUT2D eigenvalue weighted by Gasteiger charge is -2.37. The lowest BCUT2D eigenvalue weighted by atomic mass is 10.0. The minimum absolute atomic E-state index is 0.281. The Morgan fingerprint density at radius 3 is 2.20 bits per heavy atom. The maximum absolute atomic E-state index is 13.0. The molecule has 2 aliphatic rings. The first-order chi connectivity index (χ1) is 14.5. The Morgan fingerprint density at radius 2 is 1.57 bits per heavy atom. The summed E-state index contributed by atoms with van der Waals surface area (Å²) < 4.78 is 10.7. The molecule has 2 aromatic rings. The van der Waals surface area contributed by atoms with Crippen LogP contribution in [0.1, 0.15) is 5.56 Å². The quantitative estimate of drug-likeness (QED) is 0.696. The Morgan fingerprint density at radius 1 is 0.867 bits per heavy atom. The molecule has 4 rings (SSSR count). The molecule has 0 saturated carbocycles. The number of anilines is 1. The molecule has 1 saturated heterocycles. The van der Waals surface area contributed by atoms with Gasteiger partial charge in [0.1, 0.15) is 11.5 Å². The summed E-state index contributed by atoms with van der Waals surface area (Å²) >= 11 is 0. The second-order valence-corrected chi connectivity index (χ2v) is 7.12. The van der Waals surface area contributed by atoms with Gasteiger partial charge < -0.3 is 19.3 Å². The third-order valence-corrected chi connectivity index (χ3v) is 5.50. The first-order valence-electron chi connectivity index (χ1n) is 9.75. The van der Waals surface area contributed by atoms with Gasteiger partial charge in [-0.1, -0.05) is 12.1 Å². The summed E-state index contributed by atoms with van der Waals surface area (Å²) in [5.74, 6) is 1.40. The van der Waals surface area contributed by atoms with E-state index in [2.05, 4.69) is 9.88 Å².